The number of nitrogens with zero attached hydrogens (tertiary/aromatic N) is 4. The van der Waals surface area contributed by atoms with Crippen molar-refractivity contribution in [1.29, 1.82) is 10.8 Å². The quantitative estimate of drug-likeness (QED) is 0.188. The third kappa shape index (κ3) is 5.14. The van der Waals surface area contributed by atoms with Gasteiger partial charge in [-0.3, -0.25) is 37.4 Å². The van der Waals surface area contributed by atoms with Gasteiger partial charge in [0.15, 0.2) is 35.6 Å². The van der Waals surface area contributed by atoms with Gasteiger partial charge in [0.1, 0.15) is 24.4 Å². The SMILES string of the molecule is N=c1ccn2c(n1)OC1C(O)C(COS(=O)OC3C(CO)OC4C3Oc3nc(=N)ccn34)OC12.O=S(O)O. The average molecular weight is 579 g/mol. The van der Waals surface area contributed by atoms with Gasteiger partial charge >= 0.3 is 23.4 Å². The zero-order valence-corrected chi connectivity index (χ0v) is 20.6. The summed E-state index contributed by atoms with van der Waals surface area (Å²) in [4.78, 5) is 7.92. The minimum absolute atomic E-state index is 0.00915. The molecule has 0 aromatic carbocycles. The van der Waals surface area contributed by atoms with Crippen LogP contribution in [0.1, 0.15) is 12.5 Å². The molecule has 9 atom stereocenters. The van der Waals surface area contributed by atoms with Gasteiger partial charge in [0, 0.05) is 12.4 Å². The standard InChI is InChI=1S/C18H20N6O9S.H2O3S/c19-9-1-3-23-15-13(31-17(23)21-9)11(26)8(30-15)6-28-34(27)33-12-7(5-25)29-16-14(12)32-18-22-10(20)2-4-24(16)18;1-4(2)3/h1-4,7-8,11-16,19-20,25-26H,5-6H2;(H2,1,2,3). The number of hydrogen-bond acceptors (Lipinski definition) is 14. The first kappa shape index (κ1) is 26.9. The molecule has 0 bridgehead atoms. The molecule has 208 valence electrons. The number of ether oxygens (including phenoxy) is 4. The lowest BCUT2D eigenvalue weighted by Crippen LogP contribution is -2.39. The highest BCUT2D eigenvalue weighted by molar-refractivity contribution is 7.75. The van der Waals surface area contributed by atoms with Crippen LogP contribution in [0.3, 0.4) is 0 Å². The summed E-state index contributed by atoms with van der Waals surface area (Å²) in [7, 11) is 0. The van der Waals surface area contributed by atoms with Crippen LogP contribution < -0.4 is 20.4 Å². The summed E-state index contributed by atoms with van der Waals surface area (Å²) in [6.45, 7) is -0.678. The molecule has 0 aliphatic carbocycles. The second-order valence-corrected chi connectivity index (χ2v) is 9.55. The van der Waals surface area contributed by atoms with E-state index in [2.05, 4.69) is 9.97 Å². The van der Waals surface area contributed by atoms with E-state index >= 15 is 0 Å². The van der Waals surface area contributed by atoms with Crippen LogP contribution in [0.15, 0.2) is 24.5 Å². The largest absolute Gasteiger partial charge is 0.454 e. The highest BCUT2D eigenvalue weighted by atomic mass is 32.2. The van der Waals surface area contributed by atoms with Gasteiger partial charge in [-0.25, -0.2) is 0 Å². The first-order valence-electron chi connectivity index (χ1n) is 10.9. The van der Waals surface area contributed by atoms with Crippen molar-refractivity contribution in [2.24, 2.45) is 0 Å². The third-order valence-electron chi connectivity index (χ3n) is 5.99. The van der Waals surface area contributed by atoms with Crippen molar-refractivity contribution in [1.82, 2.24) is 19.1 Å². The Morgan fingerprint density at radius 3 is 2.05 bits per heavy atom. The number of rotatable bonds is 6. The van der Waals surface area contributed by atoms with E-state index in [1.165, 1.54) is 12.1 Å². The maximum Gasteiger partial charge on any atom is 0.305 e. The van der Waals surface area contributed by atoms with E-state index in [1.807, 2.05) is 0 Å². The smallest absolute Gasteiger partial charge is 0.305 e. The minimum Gasteiger partial charge on any atom is -0.454 e. The molecule has 4 aliphatic heterocycles. The molecule has 6 heterocycles. The van der Waals surface area contributed by atoms with Gasteiger partial charge < -0.3 is 29.2 Å². The Labute approximate surface area is 217 Å². The van der Waals surface area contributed by atoms with E-state index in [0.717, 1.165) is 0 Å². The first-order chi connectivity index (χ1) is 18.2. The van der Waals surface area contributed by atoms with Crippen LogP contribution in [0.4, 0.5) is 0 Å². The van der Waals surface area contributed by atoms with Gasteiger partial charge in [-0.15, -0.1) is 0 Å². The topological polar surface area (TPSA) is 254 Å². The van der Waals surface area contributed by atoms with Gasteiger partial charge in [0.25, 0.3) is 11.4 Å². The fourth-order valence-electron chi connectivity index (χ4n) is 4.40. The predicted molar refractivity (Wildman–Crippen MR) is 118 cm³/mol. The lowest BCUT2D eigenvalue weighted by Gasteiger charge is -2.20. The molecule has 2 saturated heterocycles. The molecule has 2 fully saturated rings. The van der Waals surface area contributed by atoms with Crippen LogP contribution in [-0.2, 0) is 40.6 Å². The van der Waals surface area contributed by atoms with Crippen molar-refractivity contribution < 1.29 is 55.0 Å². The first-order valence-corrected chi connectivity index (χ1v) is 13.0. The van der Waals surface area contributed by atoms with Crippen LogP contribution in [0.5, 0.6) is 12.0 Å². The Morgan fingerprint density at radius 2 is 1.47 bits per heavy atom. The monoisotopic (exact) mass is 578 g/mol. The summed E-state index contributed by atoms with van der Waals surface area (Å²) in [6.07, 6.45) is -3.44. The maximum atomic E-state index is 12.5. The number of nitrogens with one attached hydrogen (secondary N) is 2. The van der Waals surface area contributed by atoms with Crippen LogP contribution >= 0.6 is 0 Å². The van der Waals surface area contributed by atoms with Crippen molar-refractivity contribution in [3.05, 3.63) is 35.5 Å². The van der Waals surface area contributed by atoms with E-state index in [9.17, 15) is 14.4 Å². The van der Waals surface area contributed by atoms with Crippen LogP contribution in [-0.4, -0.2) is 96.7 Å². The van der Waals surface area contributed by atoms with Crippen molar-refractivity contribution in [3.8, 4) is 12.0 Å². The number of hydrogen-bond donors (Lipinski definition) is 6. The molecule has 2 aromatic rings. The molecule has 2 aromatic heterocycles. The van der Waals surface area contributed by atoms with Crippen LogP contribution in [0.2, 0.25) is 0 Å². The summed E-state index contributed by atoms with van der Waals surface area (Å²) in [6, 6.07) is 3.25. The van der Waals surface area contributed by atoms with Crippen LogP contribution in [0, 0.1) is 10.8 Å². The summed E-state index contributed by atoms with van der Waals surface area (Å²) < 4.78 is 72.2. The molecular weight excluding hydrogens is 556 g/mol. The Bertz CT molecular complexity index is 1350. The van der Waals surface area contributed by atoms with Gasteiger partial charge in [-0.2, -0.15) is 18.4 Å². The highest BCUT2D eigenvalue weighted by Gasteiger charge is 2.54. The number of fused-ring (bicyclic) bond motifs is 6. The van der Waals surface area contributed by atoms with Crippen molar-refractivity contribution in [3.63, 3.8) is 0 Å². The Morgan fingerprint density at radius 1 is 0.947 bits per heavy atom. The average Bonchev–Trinajstić information content (AvgIpc) is 3.57. The van der Waals surface area contributed by atoms with Gasteiger partial charge in [0.2, 0.25) is 0 Å². The van der Waals surface area contributed by atoms with Crippen LogP contribution in [0.25, 0.3) is 0 Å². The van der Waals surface area contributed by atoms with E-state index in [4.69, 9.17) is 51.4 Å². The Kier molecular flexibility index (Phi) is 7.68. The lowest BCUT2D eigenvalue weighted by atomic mass is 10.1. The van der Waals surface area contributed by atoms with Gasteiger partial charge in [-0.1, -0.05) is 0 Å². The molecule has 18 nitrogen and oxygen atoms in total. The maximum absolute atomic E-state index is 12.5. The molecule has 6 rings (SSSR count). The number of aromatic nitrogens is 4. The fraction of sp³-hybridized carbons (Fsp3) is 0.556. The van der Waals surface area contributed by atoms with E-state index < -0.39 is 78.4 Å². The van der Waals surface area contributed by atoms with E-state index in [-0.39, 0.29) is 29.6 Å². The molecule has 20 heteroatoms. The summed E-state index contributed by atoms with van der Waals surface area (Å²) in [5.74, 6) is 0. The molecule has 4 aliphatic rings. The zero-order chi connectivity index (χ0) is 27.1. The number of aliphatic hydroxyl groups is 2. The van der Waals surface area contributed by atoms with Crippen molar-refractivity contribution in [2.75, 3.05) is 13.2 Å². The highest BCUT2D eigenvalue weighted by Crippen LogP contribution is 2.41. The van der Waals surface area contributed by atoms with E-state index in [0.29, 0.717) is 0 Å². The lowest BCUT2D eigenvalue weighted by molar-refractivity contribution is -0.0461. The summed E-state index contributed by atoms with van der Waals surface area (Å²) in [5, 5.41) is 35.4. The van der Waals surface area contributed by atoms with Crippen molar-refractivity contribution in [2.45, 2.75) is 49.1 Å². The molecule has 0 spiro atoms. The molecule has 0 radical (unpaired) electrons. The Balaban J connectivity index is 0.000000689. The molecule has 9 unspecified atom stereocenters. The number of aliphatic hydroxyl groups excluding tert-OH is 2. The van der Waals surface area contributed by atoms with E-state index in [1.54, 1.807) is 21.5 Å². The summed E-state index contributed by atoms with van der Waals surface area (Å²) >= 11 is -4.90. The molecule has 0 amide bonds. The minimum atomic E-state index is -2.61. The molecular formula is C18H22N6O12S2. The van der Waals surface area contributed by atoms with Gasteiger partial charge in [0.05, 0.1) is 13.2 Å². The fourth-order valence-corrected chi connectivity index (χ4v) is 5.11. The molecule has 38 heavy (non-hydrogen) atoms. The Hall–Kier alpha value is -2.66. The second-order valence-electron chi connectivity index (χ2n) is 8.25. The normalized spacial score (nSPS) is 32.9. The predicted octanol–water partition coefficient (Wildman–Crippen LogP) is -2.93. The summed E-state index contributed by atoms with van der Waals surface area (Å²) in [5.41, 5.74) is 0.0333. The third-order valence-corrected chi connectivity index (χ3v) is 6.70. The van der Waals surface area contributed by atoms with Gasteiger partial charge in [-0.05, 0) is 12.1 Å². The molecule has 6 N–H and O–H groups in total. The van der Waals surface area contributed by atoms with Crippen molar-refractivity contribution >= 4 is 22.7 Å². The molecule has 0 saturated carbocycles. The second kappa shape index (κ2) is 10.8. The zero-order valence-electron chi connectivity index (χ0n) is 19.0.